The molecule has 0 aliphatic carbocycles. The molecule has 0 amide bonds. The molecule has 238 valence electrons. The molecule has 8 aromatic carbocycles. The number of fused-ring (bicyclic) bond motifs is 9. The molecule has 0 saturated heterocycles. The average Bonchev–Trinajstić information content (AvgIpc) is 3.89. The van der Waals surface area contributed by atoms with Crippen LogP contribution < -0.4 is 0 Å². The average molecular weight is 652 g/mol. The van der Waals surface area contributed by atoms with Gasteiger partial charge in [-0.25, -0.2) is 0 Å². The van der Waals surface area contributed by atoms with Crippen LogP contribution in [0.4, 0.5) is 0 Å². The highest BCUT2D eigenvalue weighted by molar-refractivity contribution is 6.15. The van der Waals surface area contributed by atoms with Crippen molar-refractivity contribution in [2.75, 3.05) is 0 Å². The zero-order valence-corrected chi connectivity index (χ0v) is 27.5. The van der Waals surface area contributed by atoms with Crippen molar-refractivity contribution in [2.24, 2.45) is 0 Å². The lowest BCUT2D eigenvalue weighted by Gasteiger charge is -2.10. The van der Waals surface area contributed by atoms with Gasteiger partial charge >= 0.3 is 0 Å². The Morgan fingerprint density at radius 2 is 0.784 bits per heavy atom. The summed E-state index contributed by atoms with van der Waals surface area (Å²) in [6.45, 7) is 0. The first-order chi connectivity index (χ1) is 25.3. The first-order valence-electron chi connectivity index (χ1n) is 17.3. The fraction of sp³-hybridized carbons (Fsp3) is 0. The molecule has 3 nitrogen and oxygen atoms in total. The van der Waals surface area contributed by atoms with Crippen LogP contribution in [0.2, 0.25) is 0 Å². The second-order valence-electron chi connectivity index (χ2n) is 13.3. The Morgan fingerprint density at radius 3 is 1.41 bits per heavy atom. The molecule has 0 radical (unpaired) electrons. The van der Waals surface area contributed by atoms with Crippen molar-refractivity contribution < 1.29 is 8.83 Å². The van der Waals surface area contributed by atoms with Crippen LogP contribution in [0.25, 0.3) is 110 Å². The predicted molar refractivity (Wildman–Crippen MR) is 212 cm³/mol. The van der Waals surface area contributed by atoms with Gasteiger partial charge in [-0.1, -0.05) is 133 Å². The van der Waals surface area contributed by atoms with E-state index in [1.54, 1.807) is 0 Å². The lowest BCUT2D eigenvalue weighted by molar-refractivity contribution is 0.669. The Kier molecular flexibility index (Phi) is 5.96. The normalized spacial score (nSPS) is 11.9. The largest absolute Gasteiger partial charge is 0.455 e. The van der Waals surface area contributed by atoms with E-state index in [-0.39, 0.29) is 0 Å². The van der Waals surface area contributed by atoms with Crippen LogP contribution in [-0.2, 0) is 0 Å². The van der Waals surface area contributed by atoms with Crippen molar-refractivity contribution in [1.82, 2.24) is 4.98 Å². The van der Waals surface area contributed by atoms with Crippen LogP contribution >= 0.6 is 0 Å². The third kappa shape index (κ3) is 4.32. The van der Waals surface area contributed by atoms with Crippen molar-refractivity contribution in [1.29, 1.82) is 0 Å². The molecule has 0 aliphatic rings. The van der Waals surface area contributed by atoms with Crippen molar-refractivity contribution in [3.63, 3.8) is 0 Å². The van der Waals surface area contributed by atoms with E-state index in [0.29, 0.717) is 0 Å². The minimum atomic E-state index is 0.912. The highest BCUT2D eigenvalue weighted by Crippen LogP contribution is 2.41. The van der Waals surface area contributed by atoms with Crippen LogP contribution in [0, 0.1) is 0 Å². The molecule has 11 aromatic rings. The second kappa shape index (κ2) is 10.8. The summed E-state index contributed by atoms with van der Waals surface area (Å²) >= 11 is 0. The third-order valence-electron chi connectivity index (χ3n) is 10.4. The van der Waals surface area contributed by atoms with Gasteiger partial charge < -0.3 is 13.8 Å². The highest BCUT2D eigenvalue weighted by atomic mass is 16.3. The fourth-order valence-corrected chi connectivity index (χ4v) is 8.01. The molecule has 51 heavy (non-hydrogen) atoms. The Bertz CT molecular complexity index is 3150. The number of hydrogen-bond donors (Lipinski definition) is 1. The fourth-order valence-electron chi connectivity index (χ4n) is 8.01. The van der Waals surface area contributed by atoms with Gasteiger partial charge in [-0.3, -0.25) is 0 Å². The summed E-state index contributed by atoms with van der Waals surface area (Å²) < 4.78 is 12.8. The van der Waals surface area contributed by atoms with Gasteiger partial charge in [0.1, 0.15) is 22.3 Å². The van der Waals surface area contributed by atoms with Gasteiger partial charge in [-0.2, -0.15) is 0 Å². The van der Waals surface area contributed by atoms with E-state index < -0.39 is 0 Å². The summed E-state index contributed by atoms with van der Waals surface area (Å²) in [7, 11) is 0. The Labute approximate surface area is 293 Å². The number of furan rings is 2. The third-order valence-corrected chi connectivity index (χ3v) is 10.4. The highest BCUT2D eigenvalue weighted by Gasteiger charge is 2.16. The van der Waals surface area contributed by atoms with E-state index in [1.807, 2.05) is 24.3 Å². The van der Waals surface area contributed by atoms with Crippen molar-refractivity contribution in [2.45, 2.75) is 0 Å². The maximum Gasteiger partial charge on any atom is 0.143 e. The monoisotopic (exact) mass is 651 g/mol. The molecular weight excluding hydrogens is 623 g/mol. The molecule has 0 unspecified atom stereocenters. The van der Waals surface area contributed by atoms with E-state index in [1.165, 1.54) is 27.5 Å². The molecule has 3 aromatic heterocycles. The van der Waals surface area contributed by atoms with E-state index in [4.69, 9.17) is 8.83 Å². The Morgan fingerprint density at radius 1 is 0.314 bits per heavy atom. The van der Waals surface area contributed by atoms with Gasteiger partial charge in [0.25, 0.3) is 0 Å². The molecule has 0 fully saturated rings. The number of aromatic nitrogens is 1. The van der Waals surface area contributed by atoms with Gasteiger partial charge in [0, 0.05) is 54.5 Å². The number of aromatic amines is 1. The van der Waals surface area contributed by atoms with E-state index in [0.717, 1.165) is 82.7 Å². The Hall–Kier alpha value is -6.84. The molecule has 3 heterocycles. The SMILES string of the molecule is c1cc(-c2cccc(-c3cccc4c3oc3ccccc34)c2)cc(-c2cccc3c2[nH]c2ccc(-c4cccc5c4oc4ccccc45)cc23)c1. The topological polar surface area (TPSA) is 42.1 Å². The summed E-state index contributed by atoms with van der Waals surface area (Å²) in [6, 6.07) is 60.3. The van der Waals surface area contributed by atoms with Crippen molar-refractivity contribution in [3.05, 3.63) is 170 Å². The molecule has 1 N–H and O–H groups in total. The summed E-state index contributed by atoms with van der Waals surface area (Å²) in [5.74, 6) is 0. The summed E-state index contributed by atoms with van der Waals surface area (Å²) in [6.07, 6.45) is 0. The number of H-pyrrole nitrogens is 1. The summed E-state index contributed by atoms with van der Waals surface area (Å²) in [5, 5.41) is 6.96. The van der Waals surface area contributed by atoms with Gasteiger partial charge in [-0.15, -0.1) is 0 Å². The van der Waals surface area contributed by atoms with Crippen molar-refractivity contribution in [3.8, 4) is 44.5 Å². The van der Waals surface area contributed by atoms with Crippen molar-refractivity contribution >= 4 is 65.7 Å². The van der Waals surface area contributed by atoms with E-state index in [9.17, 15) is 0 Å². The van der Waals surface area contributed by atoms with Crippen LogP contribution in [-0.4, -0.2) is 4.98 Å². The summed E-state index contributed by atoms with van der Waals surface area (Å²) in [4.78, 5) is 3.77. The predicted octanol–water partition coefficient (Wildman–Crippen LogP) is 13.8. The smallest absolute Gasteiger partial charge is 0.143 e. The Balaban J connectivity index is 1.00. The molecule has 0 saturated carbocycles. The van der Waals surface area contributed by atoms with Gasteiger partial charge in [0.2, 0.25) is 0 Å². The van der Waals surface area contributed by atoms with Crippen LogP contribution in [0.1, 0.15) is 0 Å². The number of hydrogen-bond acceptors (Lipinski definition) is 2. The maximum absolute atomic E-state index is 6.39. The van der Waals surface area contributed by atoms with E-state index >= 15 is 0 Å². The van der Waals surface area contributed by atoms with Crippen LogP contribution in [0.15, 0.2) is 179 Å². The lowest BCUT2D eigenvalue weighted by Crippen LogP contribution is -1.85. The standard InChI is InChI=1S/C48H29NO2/c1-3-22-44-37(14-1)40-20-8-17-35(47(40)50-44)32-13-6-11-30(27-32)29-10-5-12-31(26-29)34-16-7-19-39-42-28-33(24-25-43(42)49-46(34)39)36-18-9-21-41-38-15-2-4-23-45(38)51-48(36)41/h1-28,49H. The van der Waals surface area contributed by atoms with Gasteiger partial charge in [0.05, 0.1) is 5.52 Å². The molecular formula is C48H29NO2. The molecule has 11 rings (SSSR count). The molecule has 0 bridgehead atoms. The molecule has 0 spiro atoms. The molecule has 0 aliphatic heterocycles. The number of rotatable bonds is 4. The minimum absolute atomic E-state index is 0.912. The number of para-hydroxylation sites is 5. The van der Waals surface area contributed by atoms with Crippen LogP contribution in [0.5, 0.6) is 0 Å². The summed E-state index contributed by atoms with van der Waals surface area (Å²) in [5.41, 5.74) is 15.1. The maximum atomic E-state index is 6.39. The quantitative estimate of drug-likeness (QED) is 0.206. The van der Waals surface area contributed by atoms with Crippen LogP contribution in [0.3, 0.4) is 0 Å². The zero-order valence-electron chi connectivity index (χ0n) is 27.5. The van der Waals surface area contributed by atoms with E-state index in [2.05, 4.69) is 151 Å². The first kappa shape index (κ1) is 28.0. The molecule has 3 heteroatoms. The number of benzene rings is 8. The first-order valence-corrected chi connectivity index (χ1v) is 17.3. The number of nitrogens with one attached hydrogen (secondary N) is 1. The lowest BCUT2D eigenvalue weighted by atomic mass is 9.95. The van der Waals surface area contributed by atoms with Gasteiger partial charge in [0.15, 0.2) is 0 Å². The van der Waals surface area contributed by atoms with Gasteiger partial charge in [-0.05, 0) is 64.2 Å². The second-order valence-corrected chi connectivity index (χ2v) is 13.3. The molecule has 0 atom stereocenters. The zero-order chi connectivity index (χ0) is 33.5. The minimum Gasteiger partial charge on any atom is -0.455 e.